The first kappa shape index (κ1) is 25.9. The number of likely N-dealkylation sites (tertiary alicyclic amines) is 1. The van der Waals surface area contributed by atoms with Crippen molar-refractivity contribution in [2.45, 2.75) is 39.3 Å². The Bertz CT molecular complexity index is 897. The molecule has 2 aromatic carbocycles. The van der Waals surface area contributed by atoms with E-state index in [2.05, 4.69) is 35.4 Å². The Morgan fingerprint density at radius 2 is 1.94 bits per heavy atom. The molecule has 0 aromatic heterocycles. The number of amides is 1. The number of para-hydroxylation sites is 1. The van der Waals surface area contributed by atoms with Gasteiger partial charge in [0.15, 0.2) is 5.96 Å². The Morgan fingerprint density at radius 1 is 1.19 bits per heavy atom. The number of piperidine rings is 1. The molecule has 32 heavy (non-hydrogen) atoms. The van der Waals surface area contributed by atoms with Gasteiger partial charge in [-0.1, -0.05) is 30.3 Å². The van der Waals surface area contributed by atoms with Crippen LogP contribution < -0.4 is 21.1 Å². The quantitative estimate of drug-likeness (QED) is 0.266. The lowest BCUT2D eigenvalue weighted by Gasteiger charge is -2.32. The molecule has 8 heteroatoms. The molecule has 0 radical (unpaired) electrons. The number of hydrogen-bond acceptors (Lipinski definition) is 4. The molecule has 3 rings (SSSR count). The number of rotatable bonds is 8. The number of carbonyl (C=O) groups excluding carboxylic acids is 1. The molecule has 0 saturated carbocycles. The molecule has 1 heterocycles. The molecule has 4 N–H and O–H groups in total. The van der Waals surface area contributed by atoms with Crippen LogP contribution in [-0.4, -0.2) is 49.0 Å². The number of ether oxygens (including phenoxy) is 1. The van der Waals surface area contributed by atoms with Gasteiger partial charge in [-0.25, -0.2) is 4.99 Å². The third-order valence-electron chi connectivity index (χ3n) is 5.25. The number of halogens is 1. The number of benzene rings is 2. The summed E-state index contributed by atoms with van der Waals surface area (Å²) in [6.07, 6.45) is 1.90. The minimum absolute atomic E-state index is 0. The number of aliphatic imine (C=N–C) groups is 1. The molecule has 0 unspecified atom stereocenters. The summed E-state index contributed by atoms with van der Waals surface area (Å²) in [6.45, 7) is 7.45. The Labute approximate surface area is 207 Å². The standard InChI is InChI=1S/C24H33N5O2.HI/c1-3-26-24(28-20-11-13-29(14-12-20)17-23(25)30)27-16-19-8-4-5-10-22(19)31-21-9-6-7-18(2)15-21;/h4-10,15,20H,3,11-14,16-17H2,1-2H3,(H2,25,30)(H2,26,27,28);1H. The SMILES string of the molecule is CCNC(=NCc1ccccc1Oc1cccc(C)c1)NC1CCN(CC(N)=O)CC1.I. The fourth-order valence-corrected chi connectivity index (χ4v) is 3.67. The van der Waals surface area contributed by atoms with E-state index in [0.29, 0.717) is 19.1 Å². The van der Waals surface area contributed by atoms with Crippen LogP contribution in [0.1, 0.15) is 30.9 Å². The first-order valence-electron chi connectivity index (χ1n) is 10.9. The highest BCUT2D eigenvalue weighted by Crippen LogP contribution is 2.26. The molecular weight excluding hydrogens is 517 g/mol. The summed E-state index contributed by atoms with van der Waals surface area (Å²) in [7, 11) is 0. The molecular formula is C24H34IN5O2. The lowest BCUT2D eigenvalue weighted by atomic mass is 10.1. The van der Waals surface area contributed by atoms with Crippen molar-refractivity contribution in [1.29, 1.82) is 0 Å². The highest BCUT2D eigenvalue weighted by Gasteiger charge is 2.20. The van der Waals surface area contributed by atoms with Gasteiger partial charge in [-0.05, 0) is 50.5 Å². The zero-order chi connectivity index (χ0) is 22.1. The van der Waals surface area contributed by atoms with E-state index in [4.69, 9.17) is 15.5 Å². The first-order valence-corrected chi connectivity index (χ1v) is 10.9. The van der Waals surface area contributed by atoms with Gasteiger partial charge in [-0.15, -0.1) is 24.0 Å². The van der Waals surface area contributed by atoms with Crippen LogP contribution in [0.4, 0.5) is 0 Å². The van der Waals surface area contributed by atoms with Gasteiger partial charge in [0.25, 0.3) is 0 Å². The van der Waals surface area contributed by atoms with Crippen molar-refractivity contribution in [3.63, 3.8) is 0 Å². The van der Waals surface area contributed by atoms with E-state index in [9.17, 15) is 4.79 Å². The van der Waals surface area contributed by atoms with Crippen LogP contribution in [0.3, 0.4) is 0 Å². The van der Waals surface area contributed by atoms with Crippen molar-refractivity contribution in [2.75, 3.05) is 26.2 Å². The minimum atomic E-state index is -0.271. The number of primary amides is 1. The maximum Gasteiger partial charge on any atom is 0.231 e. The minimum Gasteiger partial charge on any atom is -0.457 e. The molecule has 2 aromatic rings. The van der Waals surface area contributed by atoms with Crippen LogP contribution in [0.2, 0.25) is 0 Å². The zero-order valence-corrected chi connectivity index (χ0v) is 21.2. The highest BCUT2D eigenvalue weighted by atomic mass is 127. The molecule has 1 saturated heterocycles. The van der Waals surface area contributed by atoms with E-state index in [1.807, 2.05) is 42.5 Å². The summed E-state index contributed by atoms with van der Waals surface area (Å²) in [5, 5.41) is 6.86. The van der Waals surface area contributed by atoms with Gasteiger partial charge in [-0.3, -0.25) is 9.69 Å². The van der Waals surface area contributed by atoms with Crippen LogP contribution in [0.25, 0.3) is 0 Å². The van der Waals surface area contributed by atoms with Gasteiger partial charge in [0.05, 0.1) is 13.1 Å². The second-order valence-electron chi connectivity index (χ2n) is 7.88. The molecule has 0 spiro atoms. The topological polar surface area (TPSA) is 92.0 Å². The molecule has 0 atom stereocenters. The van der Waals surface area contributed by atoms with E-state index in [-0.39, 0.29) is 29.9 Å². The second kappa shape index (κ2) is 13.3. The van der Waals surface area contributed by atoms with Crippen LogP contribution in [0.15, 0.2) is 53.5 Å². The molecule has 0 aliphatic carbocycles. The molecule has 7 nitrogen and oxygen atoms in total. The van der Waals surface area contributed by atoms with Crippen LogP contribution >= 0.6 is 24.0 Å². The molecule has 1 fully saturated rings. The average Bonchev–Trinajstić information content (AvgIpc) is 2.74. The van der Waals surface area contributed by atoms with Crippen molar-refractivity contribution in [3.8, 4) is 11.5 Å². The third kappa shape index (κ3) is 8.31. The van der Waals surface area contributed by atoms with E-state index >= 15 is 0 Å². The number of carbonyl (C=O) groups is 1. The fraction of sp³-hybridized carbons (Fsp3) is 0.417. The van der Waals surface area contributed by atoms with Gasteiger partial charge in [0.1, 0.15) is 11.5 Å². The lowest BCUT2D eigenvalue weighted by Crippen LogP contribution is -2.49. The monoisotopic (exact) mass is 551 g/mol. The van der Waals surface area contributed by atoms with Crippen LogP contribution in [-0.2, 0) is 11.3 Å². The Balaban J connectivity index is 0.00000363. The van der Waals surface area contributed by atoms with Gasteiger partial charge < -0.3 is 21.1 Å². The van der Waals surface area contributed by atoms with Gasteiger partial charge in [-0.2, -0.15) is 0 Å². The number of nitrogens with two attached hydrogens (primary N) is 1. The summed E-state index contributed by atoms with van der Waals surface area (Å²) >= 11 is 0. The highest BCUT2D eigenvalue weighted by molar-refractivity contribution is 14.0. The van der Waals surface area contributed by atoms with Gasteiger partial charge in [0, 0.05) is 31.2 Å². The van der Waals surface area contributed by atoms with E-state index < -0.39 is 0 Å². The maximum absolute atomic E-state index is 11.1. The second-order valence-corrected chi connectivity index (χ2v) is 7.88. The first-order chi connectivity index (χ1) is 15.0. The number of guanidine groups is 1. The number of nitrogens with zero attached hydrogens (tertiary/aromatic N) is 2. The predicted octanol–water partition coefficient (Wildman–Crippen LogP) is 3.41. The van der Waals surface area contributed by atoms with E-state index in [1.165, 1.54) is 0 Å². The number of aryl methyl sites for hydroxylation is 1. The van der Waals surface area contributed by atoms with Crippen molar-refractivity contribution < 1.29 is 9.53 Å². The third-order valence-corrected chi connectivity index (χ3v) is 5.25. The summed E-state index contributed by atoms with van der Waals surface area (Å²) in [6, 6.07) is 16.3. The number of hydrogen-bond donors (Lipinski definition) is 3. The summed E-state index contributed by atoms with van der Waals surface area (Å²) in [4.78, 5) is 18.0. The summed E-state index contributed by atoms with van der Waals surface area (Å²) < 4.78 is 6.12. The Morgan fingerprint density at radius 3 is 2.62 bits per heavy atom. The van der Waals surface area contributed by atoms with Gasteiger partial charge >= 0.3 is 0 Å². The van der Waals surface area contributed by atoms with Crippen molar-refractivity contribution in [2.24, 2.45) is 10.7 Å². The normalized spacial score (nSPS) is 15.0. The van der Waals surface area contributed by atoms with Crippen LogP contribution in [0, 0.1) is 6.92 Å². The van der Waals surface area contributed by atoms with E-state index in [0.717, 1.165) is 61.1 Å². The average molecular weight is 551 g/mol. The summed E-state index contributed by atoms with van der Waals surface area (Å²) in [5.74, 6) is 2.16. The summed E-state index contributed by atoms with van der Waals surface area (Å²) in [5.41, 5.74) is 7.49. The molecule has 174 valence electrons. The molecule has 0 bridgehead atoms. The molecule has 1 aliphatic heterocycles. The smallest absolute Gasteiger partial charge is 0.231 e. The van der Waals surface area contributed by atoms with Gasteiger partial charge in [0.2, 0.25) is 5.91 Å². The van der Waals surface area contributed by atoms with Crippen molar-refractivity contribution in [3.05, 3.63) is 59.7 Å². The zero-order valence-electron chi connectivity index (χ0n) is 18.8. The largest absolute Gasteiger partial charge is 0.457 e. The Kier molecular flexibility index (Phi) is 10.8. The molecule has 1 amide bonds. The van der Waals surface area contributed by atoms with Crippen LogP contribution in [0.5, 0.6) is 11.5 Å². The molecule has 1 aliphatic rings. The Hall–Kier alpha value is -2.33. The fourth-order valence-electron chi connectivity index (χ4n) is 3.67. The lowest BCUT2D eigenvalue weighted by molar-refractivity contribution is -0.119. The van der Waals surface area contributed by atoms with Crippen molar-refractivity contribution >= 4 is 35.8 Å². The number of nitrogens with one attached hydrogen (secondary N) is 2. The van der Waals surface area contributed by atoms with E-state index in [1.54, 1.807) is 0 Å². The maximum atomic E-state index is 11.1. The predicted molar refractivity (Wildman–Crippen MR) is 140 cm³/mol. The van der Waals surface area contributed by atoms with Crippen molar-refractivity contribution in [1.82, 2.24) is 15.5 Å².